The Hall–Kier alpha value is -2.86. The zero-order valence-corrected chi connectivity index (χ0v) is 16.9. The number of hydrogen-bond donors (Lipinski definition) is 1. The highest BCUT2D eigenvalue weighted by molar-refractivity contribution is 7.13. The fourth-order valence-corrected chi connectivity index (χ4v) is 3.63. The molecule has 3 rings (SSSR count). The van der Waals surface area contributed by atoms with Crippen LogP contribution in [0.3, 0.4) is 0 Å². The summed E-state index contributed by atoms with van der Waals surface area (Å²) in [5.74, 6) is 1.69. The molecule has 146 valence electrons. The first-order valence-electron chi connectivity index (χ1n) is 9.16. The first-order valence-corrected chi connectivity index (χ1v) is 10.0. The Morgan fingerprint density at radius 2 is 1.82 bits per heavy atom. The summed E-state index contributed by atoms with van der Waals surface area (Å²) < 4.78 is 10.4. The van der Waals surface area contributed by atoms with Gasteiger partial charge in [-0.05, 0) is 42.7 Å². The third-order valence-corrected chi connectivity index (χ3v) is 5.31. The molecule has 6 heteroatoms. The summed E-state index contributed by atoms with van der Waals surface area (Å²) in [7, 11) is 3.30. The van der Waals surface area contributed by atoms with E-state index in [4.69, 9.17) is 9.47 Å². The fraction of sp³-hybridized carbons (Fsp3) is 0.273. The van der Waals surface area contributed by atoms with Crippen LogP contribution in [0.15, 0.2) is 53.9 Å². The first kappa shape index (κ1) is 19.9. The van der Waals surface area contributed by atoms with Crippen LogP contribution in [0.4, 0.5) is 0 Å². The van der Waals surface area contributed by atoms with E-state index in [1.807, 2.05) is 53.9 Å². The number of nitrogens with zero attached hydrogens (tertiary/aromatic N) is 1. The topological polar surface area (TPSA) is 60.5 Å². The maximum absolute atomic E-state index is 12.1. The molecule has 0 saturated heterocycles. The monoisotopic (exact) mass is 396 g/mol. The van der Waals surface area contributed by atoms with Gasteiger partial charge in [-0.1, -0.05) is 24.3 Å². The number of rotatable bonds is 9. The fourth-order valence-electron chi connectivity index (χ4n) is 2.78. The number of hydrogen-bond acceptors (Lipinski definition) is 5. The minimum atomic E-state index is 0.0458. The first-order chi connectivity index (χ1) is 13.7. The van der Waals surface area contributed by atoms with Gasteiger partial charge in [0.05, 0.1) is 19.9 Å². The van der Waals surface area contributed by atoms with Crippen molar-refractivity contribution in [2.24, 2.45) is 0 Å². The highest BCUT2D eigenvalue weighted by atomic mass is 32.1. The van der Waals surface area contributed by atoms with Gasteiger partial charge in [0.2, 0.25) is 5.91 Å². The normalized spacial score (nSPS) is 10.5. The van der Waals surface area contributed by atoms with Crippen molar-refractivity contribution in [2.45, 2.75) is 19.3 Å². The van der Waals surface area contributed by atoms with Crippen molar-refractivity contribution in [2.75, 3.05) is 20.8 Å². The van der Waals surface area contributed by atoms with E-state index in [1.54, 1.807) is 25.6 Å². The number of aryl methyl sites for hydroxylation is 1. The van der Waals surface area contributed by atoms with Crippen molar-refractivity contribution in [3.8, 4) is 22.1 Å². The van der Waals surface area contributed by atoms with E-state index >= 15 is 0 Å². The summed E-state index contributed by atoms with van der Waals surface area (Å²) in [5, 5.41) is 5.92. The van der Waals surface area contributed by atoms with E-state index in [1.165, 1.54) is 5.56 Å². The van der Waals surface area contributed by atoms with E-state index in [2.05, 4.69) is 10.3 Å². The molecule has 0 atom stereocenters. The highest BCUT2D eigenvalue weighted by Gasteiger charge is 2.08. The number of benzene rings is 2. The lowest BCUT2D eigenvalue weighted by molar-refractivity contribution is -0.121. The van der Waals surface area contributed by atoms with E-state index in [0.29, 0.717) is 19.4 Å². The van der Waals surface area contributed by atoms with Gasteiger partial charge in [0.1, 0.15) is 16.5 Å². The average molecular weight is 397 g/mol. The summed E-state index contributed by atoms with van der Waals surface area (Å²) in [5.41, 5.74) is 3.14. The van der Waals surface area contributed by atoms with Crippen molar-refractivity contribution in [3.63, 3.8) is 0 Å². The van der Waals surface area contributed by atoms with Crippen LogP contribution in [0.25, 0.3) is 10.6 Å². The van der Waals surface area contributed by atoms with Crippen LogP contribution in [0.2, 0.25) is 0 Å². The van der Waals surface area contributed by atoms with Gasteiger partial charge in [-0.2, -0.15) is 0 Å². The van der Waals surface area contributed by atoms with Crippen LogP contribution in [0.1, 0.15) is 17.7 Å². The molecule has 2 aromatic carbocycles. The van der Waals surface area contributed by atoms with E-state index in [-0.39, 0.29) is 5.91 Å². The number of nitrogens with one attached hydrogen (secondary N) is 1. The Kier molecular flexibility index (Phi) is 7.03. The molecule has 0 fully saturated rings. The second-order valence-electron chi connectivity index (χ2n) is 6.32. The molecule has 0 aliphatic rings. The van der Waals surface area contributed by atoms with Gasteiger partial charge in [-0.25, -0.2) is 4.98 Å². The number of amides is 1. The predicted molar refractivity (Wildman–Crippen MR) is 112 cm³/mol. The average Bonchev–Trinajstić information content (AvgIpc) is 3.22. The zero-order chi connectivity index (χ0) is 19.8. The second-order valence-corrected chi connectivity index (χ2v) is 7.18. The van der Waals surface area contributed by atoms with Gasteiger partial charge in [0, 0.05) is 23.9 Å². The molecule has 0 aliphatic heterocycles. The van der Waals surface area contributed by atoms with E-state index in [0.717, 1.165) is 34.2 Å². The summed E-state index contributed by atoms with van der Waals surface area (Å²) in [6, 6.07) is 15.7. The molecule has 1 aromatic heterocycles. The maximum atomic E-state index is 12.1. The molecule has 0 bridgehead atoms. The van der Waals surface area contributed by atoms with Crippen molar-refractivity contribution >= 4 is 17.2 Å². The molecule has 0 spiro atoms. The largest absolute Gasteiger partial charge is 0.497 e. The van der Waals surface area contributed by atoms with Gasteiger partial charge in [-0.3, -0.25) is 4.79 Å². The van der Waals surface area contributed by atoms with Crippen molar-refractivity contribution in [1.29, 1.82) is 0 Å². The zero-order valence-electron chi connectivity index (χ0n) is 16.1. The van der Waals surface area contributed by atoms with Gasteiger partial charge < -0.3 is 14.8 Å². The molecule has 3 aromatic rings. The Balaban J connectivity index is 1.43. The standard InChI is InChI=1S/C22H24N2O3S/c1-26-19-9-6-16(7-10-19)12-13-23-21(25)11-8-18-15-28-22(24-18)17-4-3-5-20(14-17)27-2/h3-7,9-10,14-15H,8,11-13H2,1-2H3,(H,23,25). The molecule has 0 saturated carbocycles. The van der Waals surface area contributed by atoms with Crippen LogP contribution in [-0.4, -0.2) is 31.7 Å². The lowest BCUT2D eigenvalue weighted by atomic mass is 10.1. The van der Waals surface area contributed by atoms with Crippen LogP contribution < -0.4 is 14.8 Å². The molecule has 1 heterocycles. The summed E-state index contributed by atoms with van der Waals surface area (Å²) in [6.45, 7) is 0.622. The minimum absolute atomic E-state index is 0.0458. The second kappa shape index (κ2) is 9.90. The lowest BCUT2D eigenvalue weighted by Gasteiger charge is -2.06. The number of ether oxygens (including phenoxy) is 2. The number of carbonyl (C=O) groups is 1. The molecule has 5 nitrogen and oxygen atoms in total. The number of thiazole rings is 1. The summed E-state index contributed by atoms with van der Waals surface area (Å²) >= 11 is 1.58. The van der Waals surface area contributed by atoms with Crippen molar-refractivity contribution in [1.82, 2.24) is 10.3 Å². The van der Waals surface area contributed by atoms with Gasteiger partial charge in [-0.15, -0.1) is 11.3 Å². The molecule has 28 heavy (non-hydrogen) atoms. The predicted octanol–water partition coefficient (Wildman–Crippen LogP) is 4.12. The molecular weight excluding hydrogens is 372 g/mol. The lowest BCUT2D eigenvalue weighted by Crippen LogP contribution is -2.25. The molecular formula is C22H24N2O3S. The smallest absolute Gasteiger partial charge is 0.220 e. The van der Waals surface area contributed by atoms with Crippen LogP contribution in [0.5, 0.6) is 11.5 Å². The van der Waals surface area contributed by atoms with Crippen molar-refractivity contribution < 1.29 is 14.3 Å². The Morgan fingerprint density at radius 1 is 1.04 bits per heavy atom. The highest BCUT2D eigenvalue weighted by Crippen LogP contribution is 2.27. The van der Waals surface area contributed by atoms with Crippen LogP contribution in [0, 0.1) is 0 Å². The molecule has 0 unspecified atom stereocenters. The molecule has 1 N–H and O–H groups in total. The Bertz CT molecular complexity index is 906. The molecule has 0 aliphatic carbocycles. The van der Waals surface area contributed by atoms with Gasteiger partial charge >= 0.3 is 0 Å². The third kappa shape index (κ3) is 5.57. The van der Waals surface area contributed by atoms with Crippen LogP contribution in [-0.2, 0) is 17.6 Å². The maximum Gasteiger partial charge on any atom is 0.220 e. The summed E-state index contributed by atoms with van der Waals surface area (Å²) in [6.07, 6.45) is 1.87. The summed E-state index contributed by atoms with van der Waals surface area (Å²) in [4.78, 5) is 16.7. The van der Waals surface area contributed by atoms with Gasteiger partial charge in [0.25, 0.3) is 0 Å². The third-order valence-electron chi connectivity index (χ3n) is 4.37. The van der Waals surface area contributed by atoms with Crippen molar-refractivity contribution in [3.05, 3.63) is 65.2 Å². The quantitative estimate of drug-likeness (QED) is 0.591. The van der Waals surface area contributed by atoms with Crippen LogP contribution >= 0.6 is 11.3 Å². The number of methoxy groups -OCH3 is 2. The Labute approximate surface area is 169 Å². The van der Waals surface area contributed by atoms with Gasteiger partial charge in [0.15, 0.2) is 0 Å². The molecule has 1 amide bonds. The van der Waals surface area contributed by atoms with E-state index in [9.17, 15) is 4.79 Å². The molecule has 0 radical (unpaired) electrons. The van der Waals surface area contributed by atoms with E-state index < -0.39 is 0 Å². The Morgan fingerprint density at radius 3 is 2.57 bits per heavy atom. The SMILES string of the molecule is COc1ccc(CCNC(=O)CCc2csc(-c3cccc(OC)c3)n2)cc1. The number of aromatic nitrogens is 1. The minimum Gasteiger partial charge on any atom is -0.497 e. The number of carbonyl (C=O) groups excluding carboxylic acids is 1.